The minimum Gasteiger partial charge on any atom is -0.278 e. The molecular weight excluding hydrogens is 226 g/mol. The Labute approximate surface area is 99.2 Å². The second-order valence-corrected chi connectivity index (χ2v) is 4.80. The molecule has 0 fully saturated rings. The predicted octanol–water partition coefficient (Wildman–Crippen LogP) is 3.89. The van der Waals surface area contributed by atoms with Crippen LogP contribution in [0, 0.1) is 0 Å². The lowest BCUT2D eigenvalue weighted by Gasteiger charge is -2.06. The van der Waals surface area contributed by atoms with E-state index in [0.29, 0.717) is 0 Å². The zero-order valence-corrected chi connectivity index (χ0v) is 9.89. The molecule has 1 aliphatic rings. The van der Waals surface area contributed by atoms with E-state index in [1.54, 1.807) is 0 Å². The van der Waals surface area contributed by atoms with Crippen molar-refractivity contribution >= 4 is 34.5 Å². The van der Waals surface area contributed by atoms with E-state index in [1.165, 1.54) is 12.2 Å². The van der Waals surface area contributed by atoms with Gasteiger partial charge < -0.3 is 0 Å². The van der Waals surface area contributed by atoms with Crippen LogP contribution in [-0.4, -0.2) is 17.3 Å². The van der Waals surface area contributed by atoms with Crippen molar-refractivity contribution in [3.8, 4) is 0 Å². The largest absolute Gasteiger partial charge is 0.278 e. The van der Waals surface area contributed by atoms with Gasteiger partial charge in [0.05, 0.1) is 5.04 Å². The summed E-state index contributed by atoms with van der Waals surface area (Å²) in [6.45, 7) is 0.954. The third kappa shape index (κ3) is 3.11. The molecule has 0 amide bonds. The summed E-state index contributed by atoms with van der Waals surface area (Å²) in [6, 6.07) is 7.83. The van der Waals surface area contributed by atoms with E-state index in [9.17, 15) is 0 Å². The Bertz CT molecular complexity index is 398. The lowest BCUT2D eigenvalue weighted by molar-refractivity contribution is 0.940. The fraction of sp³-hybridized carbons (Fsp3) is 0.250. The summed E-state index contributed by atoms with van der Waals surface area (Å²) < 4.78 is 0. The molecule has 0 spiro atoms. The SMILES string of the molecule is Clc1ccccc1C=CC1=NCCCS1. The van der Waals surface area contributed by atoms with E-state index in [1.807, 2.05) is 48.2 Å². The molecule has 0 radical (unpaired) electrons. The summed E-state index contributed by atoms with van der Waals surface area (Å²) in [5.41, 5.74) is 1.05. The molecular formula is C12H12ClNS. The normalized spacial score (nSPS) is 16.7. The lowest BCUT2D eigenvalue weighted by atomic mass is 10.2. The number of nitrogens with zero attached hydrogens (tertiary/aromatic N) is 1. The van der Waals surface area contributed by atoms with Crippen LogP contribution < -0.4 is 0 Å². The minimum absolute atomic E-state index is 0.787. The molecule has 0 atom stereocenters. The molecule has 0 unspecified atom stereocenters. The zero-order valence-electron chi connectivity index (χ0n) is 8.32. The zero-order chi connectivity index (χ0) is 10.5. The van der Waals surface area contributed by atoms with E-state index in [0.717, 1.165) is 22.2 Å². The van der Waals surface area contributed by atoms with Gasteiger partial charge in [-0.3, -0.25) is 4.99 Å². The summed E-state index contributed by atoms with van der Waals surface area (Å²) in [4.78, 5) is 4.42. The summed E-state index contributed by atoms with van der Waals surface area (Å²) in [6.07, 6.45) is 5.26. The number of aliphatic imine (C=N–C) groups is 1. The highest BCUT2D eigenvalue weighted by molar-refractivity contribution is 8.14. The maximum Gasteiger partial charge on any atom is 0.0904 e. The fourth-order valence-electron chi connectivity index (χ4n) is 1.35. The molecule has 1 nitrogen and oxygen atoms in total. The second-order valence-electron chi connectivity index (χ2n) is 3.28. The Balaban J connectivity index is 2.11. The first kappa shape index (κ1) is 10.8. The molecule has 2 rings (SSSR count). The van der Waals surface area contributed by atoms with Crippen LogP contribution in [-0.2, 0) is 0 Å². The summed E-state index contributed by atoms with van der Waals surface area (Å²) in [5.74, 6) is 1.17. The van der Waals surface area contributed by atoms with Crippen molar-refractivity contribution in [1.82, 2.24) is 0 Å². The Kier molecular flexibility index (Phi) is 3.87. The van der Waals surface area contributed by atoms with Crippen molar-refractivity contribution in [2.24, 2.45) is 4.99 Å². The highest BCUT2D eigenvalue weighted by Gasteiger charge is 2.02. The van der Waals surface area contributed by atoms with Crippen molar-refractivity contribution in [1.29, 1.82) is 0 Å². The van der Waals surface area contributed by atoms with Crippen LogP contribution in [0.1, 0.15) is 12.0 Å². The molecule has 0 aliphatic carbocycles. The van der Waals surface area contributed by atoms with Crippen molar-refractivity contribution in [3.05, 3.63) is 40.9 Å². The van der Waals surface area contributed by atoms with Crippen LogP contribution in [0.2, 0.25) is 5.02 Å². The van der Waals surface area contributed by atoms with Crippen LogP contribution in [0.3, 0.4) is 0 Å². The summed E-state index contributed by atoms with van der Waals surface area (Å²) in [5, 5.41) is 1.90. The Morgan fingerprint density at radius 2 is 2.13 bits per heavy atom. The lowest BCUT2D eigenvalue weighted by Crippen LogP contribution is -2.00. The van der Waals surface area contributed by atoms with Gasteiger partial charge in [-0.15, -0.1) is 11.8 Å². The molecule has 78 valence electrons. The number of hydrogen-bond acceptors (Lipinski definition) is 2. The van der Waals surface area contributed by atoms with E-state index >= 15 is 0 Å². The van der Waals surface area contributed by atoms with E-state index < -0.39 is 0 Å². The summed E-state index contributed by atoms with van der Waals surface area (Å²) in [7, 11) is 0. The molecule has 0 bridgehead atoms. The summed E-state index contributed by atoms with van der Waals surface area (Å²) >= 11 is 7.85. The van der Waals surface area contributed by atoms with Gasteiger partial charge in [0, 0.05) is 17.3 Å². The first-order valence-corrected chi connectivity index (χ1v) is 6.32. The van der Waals surface area contributed by atoms with Crippen molar-refractivity contribution in [3.63, 3.8) is 0 Å². The topological polar surface area (TPSA) is 12.4 Å². The van der Waals surface area contributed by atoms with Gasteiger partial charge in [-0.25, -0.2) is 0 Å². The number of halogens is 1. The number of benzene rings is 1. The first-order chi connectivity index (χ1) is 7.36. The van der Waals surface area contributed by atoms with E-state index in [-0.39, 0.29) is 0 Å². The average Bonchev–Trinajstić information content (AvgIpc) is 2.29. The molecule has 0 aromatic heterocycles. The number of thioether (sulfide) groups is 1. The van der Waals surface area contributed by atoms with Gasteiger partial charge in [0.15, 0.2) is 0 Å². The quantitative estimate of drug-likeness (QED) is 0.760. The van der Waals surface area contributed by atoms with Crippen LogP contribution in [0.5, 0.6) is 0 Å². The molecule has 1 heterocycles. The molecule has 1 aromatic carbocycles. The number of rotatable bonds is 2. The number of hydrogen-bond donors (Lipinski definition) is 0. The van der Waals surface area contributed by atoms with Crippen LogP contribution in [0.15, 0.2) is 35.3 Å². The van der Waals surface area contributed by atoms with Gasteiger partial charge >= 0.3 is 0 Å². The Morgan fingerprint density at radius 1 is 1.27 bits per heavy atom. The van der Waals surface area contributed by atoms with E-state index in [4.69, 9.17) is 11.6 Å². The standard InChI is InChI=1S/C12H12ClNS/c13-11-5-2-1-4-10(11)6-7-12-14-8-3-9-15-12/h1-2,4-7H,3,8-9H2. The predicted molar refractivity (Wildman–Crippen MR) is 69.9 cm³/mol. The van der Waals surface area contributed by atoms with Gasteiger partial charge in [0.25, 0.3) is 0 Å². The monoisotopic (exact) mass is 237 g/mol. The van der Waals surface area contributed by atoms with Gasteiger partial charge in [-0.2, -0.15) is 0 Å². The third-order valence-electron chi connectivity index (χ3n) is 2.13. The molecule has 0 saturated carbocycles. The average molecular weight is 238 g/mol. The van der Waals surface area contributed by atoms with Crippen molar-refractivity contribution < 1.29 is 0 Å². The molecule has 0 N–H and O–H groups in total. The Hall–Kier alpha value is -0.730. The smallest absolute Gasteiger partial charge is 0.0904 e. The maximum absolute atomic E-state index is 6.04. The van der Waals surface area contributed by atoms with Crippen LogP contribution >= 0.6 is 23.4 Å². The molecule has 15 heavy (non-hydrogen) atoms. The minimum atomic E-state index is 0.787. The first-order valence-electron chi connectivity index (χ1n) is 4.96. The van der Waals surface area contributed by atoms with Gasteiger partial charge in [-0.05, 0) is 24.1 Å². The van der Waals surface area contributed by atoms with Gasteiger partial charge in [0.1, 0.15) is 0 Å². The third-order valence-corrected chi connectivity index (χ3v) is 3.53. The van der Waals surface area contributed by atoms with Gasteiger partial charge in [-0.1, -0.05) is 35.9 Å². The highest BCUT2D eigenvalue weighted by atomic mass is 35.5. The molecule has 1 aromatic rings. The fourth-order valence-corrected chi connectivity index (χ4v) is 2.38. The molecule has 0 saturated heterocycles. The molecule has 1 aliphatic heterocycles. The van der Waals surface area contributed by atoms with E-state index in [2.05, 4.69) is 4.99 Å². The van der Waals surface area contributed by atoms with Crippen LogP contribution in [0.25, 0.3) is 6.08 Å². The molecule has 3 heteroatoms. The maximum atomic E-state index is 6.04. The second kappa shape index (κ2) is 5.38. The van der Waals surface area contributed by atoms with Gasteiger partial charge in [0.2, 0.25) is 0 Å². The highest BCUT2D eigenvalue weighted by Crippen LogP contribution is 2.18. The van der Waals surface area contributed by atoms with Crippen molar-refractivity contribution in [2.75, 3.05) is 12.3 Å². The van der Waals surface area contributed by atoms with Crippen LogP contribution in [0.4, 0.5) is 0 Å². The Morgan fingerprint density at radius 3 is 2.87 bits per heavy atom. The van der Waals surface area contributed by atoms with Crippen molar-refractivity contribution in [2.45, 2.75) is 6.42 Å².